The Balaban J connectivity index is 2.08. The molecular formula is C15H14ClNO2. The summed E-state index contributed by atoms with van der Waals surface area (Å²) in [5.74, 6) is -0.919. The van der Waals surface area contributed by atoms with E-state index >= 15 is 0 Å². The van der Waals surface area contributed by atoms with Crippen molar-refractivity contribution in [1.29, 1.82) is 0 Å². The molecule has 0 heterocycles. The molecule has 0 aromatic heterocycles. The molecule has 0 aliphatic rings. The second kappa shape index (κ2) is 5.76. The first-order valence-corrected chi connectivity index (χ1v) is 6.29. The monoisotopic (exact) mass is 275 g/mol. The maximum Gasteiger partial charge on any atom is 0.335 e. The van der Waals surface area contributed by atoms with Gasteiger partial charge < -0.3 is 10.4 Å². The van der Waals surface area contributed by atoms with E-state index < -0.39 is 5.97 Å². The molecule has 98 valence electrons. The molecule has 0 bridgehead atoms. The Labute approximate surface area is 116 Å². The van der Waals surface area contributed by atoms with Crippen LogP contribution < -0.4 is 5.32 Å². The minimum absolute atomic E-state index is 0.118. The number of hydrogen-bond donors (Lipinski definition) is 2. The number of carboxylic acid groups (broad SMARTS) is 1. The Hall–Kier alpha value is -2.00. The van der Waals surface area contributed by atoms with Crippen molar-refractivity contribution in [1.82, 2.24) is 0 Å². The molecule has 2 rings (SSSR count). The predicted molar refractivity (Wildman–Crippen MR) is 76.9 cm³/mol. The van der Waals surface area contributed by atoms with Crippen molar-refractivity contribution in [3.05, 3.63) is 64.7 Å². The van der Waals surface area contributed by atoms with Crippen molar-refractivity contribution < 1.29 is 9.90 Å². The van der Waals surface area contributed by atoms with Crippen LogP contribution in [-0.2, 0) is 0 Å². The molecule has 0 aliphatic heterocycles. The van der Waals surface area contributed by atoms with E-state index in [4.69, 9.17) is 16.7 Å². The SMILES string of the molecule is CC(Nc1ccc(C(=O)O)cc1)c1ccc(Cl)cc1. The van der Waals surface area contributed by atoms with Gasteiger partial charge in [0.15, 0.2) is 0 Å². The van der Waals surface area contributed by atoms with E-state index in [1.807, 2.05) is 31.2 Å². The maximum absolute atomic E-state index is 10.8. The lowest BCUT2D eigenvalue weighted by atomic mass is 10.1. The van der Waals surface area contributed by atoms with Crippen molar-refractivity contribution in [2.24, 2.45) is 0 Å². The lowest BCUT2D eigenvalue weighted by Crippen LogP contribution is -2.06. The normalized spacial score (nSPS) is 11.9. The van der Waals surface area contributed by atoms with Crippen LogP contribution in [0.1, 0.15) is 28.9 Å². The quantitative estimate of drug-likeness (QED) is 0.879. The van der Waals surface area contributed by atoms with E-state index in [1.165, 1.54) is 0 Å². The number of aromatic carboxylic acids is 1. The molecule has 0 amide bonds. The molecule has 1 unspecified atom stereocenters. The molecule has 0 radical (unpaired) electrons. The highest BCUT2D eigenvalue weighted by Crippen LogP contribution is 2.21. The molecule has 0 fully saturated rings. The summed E-state index contributed by atoms with van der Waals surface area (Å²) in [5.41, 5.74) is 2.28. The van der Waals surface area contributed by atoms with E-state index in [0.717, 1.165) is 11.3 Å². The molecule has 3 nitrogen and oxygen atoms in total. The second-order valence-corrected chi connectivity index (χ2v) is 4.74. The van der Waals surface area contributed by atoms with E-state index in [1.54, 1.807) is 24.3 Å². The van der Waals surface area contributed by atoms with Gasteiger partial charge in [0.2, 0.25) is 0 Å². The Kier molecular flexibility index (Phi) is 4.07. The average Bonchev–Trinajstić information content (AvgIpc) is 2.40. The van der Waals surface area contributed by atoms with Crippen molar-refractivity contribution in [3.8, 4) is 0 Å². The summed E-state index contributed by atoms with van der Waals surface area (Å²) >= 11 is 5.85. The Morgan fingerprint density at radius 3 is 2.21 bits per heavy atom. The Bertz CT molecular complexity index is 564. The molecule has 0 saturated heterocycles. The number of nitrogens with one attached hydrogen (secondary N) is 1. The van der Waals surface area contributed by atoms with Crippen LogP contribution >= 0.6 is 11.6 Å². The first kappa shape index (κ1) is 13.4. The minimum Gasteiger partial charge on any atom is -0.478 e. The number of anilines is 1. The van der Waals surface area contributed by atoms with Gasteiger partial charge in [-0.1, -0.05) is 23.7 Å². The molecule has 2 N–H and O–H groups in total. The Morgan fingerprint density at radius 1 is 1.11 bits per heavy atom. The number of hydrogen-bond acceptors (Lipinski definition) is 2. The number of rotatable bonds is 4. The van der Waals surface area contributed by atoms with Crippen LogP contribution in [0.3, 0.4) is 0 Å². The van der Waals surface area contributed by atoms with Crippen molar-refractivity contribution in [3.63, 3.8) is 0 Å². The van der Waals surface area contributed by atoms with Gasteiger partial charge in [0, 0.05) is 16.8 Å². The molecule has 0 aliphatic carbocycles. The number of carboxylic acids is 1. The van der Waals surface area contributed by atoms with Crippen LogP contribution in [0.4, 0.5) is 5.69 Å². The zero-order valence-electron chi connectivity index (χ0n) is 10.4. The molecule has 1 atom stereocenters. The molecule has 19 heavy (non-hydrogen) atoms. The number of benzene rings is 2. The van der Waals surface area contributed by atoms with Crippen LogP contribution in [0, 0.1) is 0 Å². The summed E-state index contributed by atoms with van der Waals surface area (Å²) in [5, 5.41) is 12.8. The summed E-state index contributed by atoms with van der Waals surface area (Å²) < 4.78 is 0. The van der Waals surface area contributed by atoms with E-state index in [0.29, 0.717) is 5.02 Å². The van der Waals surface area contributed by atoms with Gasteiger partial charge in [-0.05, 0) is 48.9 Å². The zero-order chi connectivity index (χ0) is 13.8. The number of halogens is 1. The van der Waals surface area contributed by atoms with E-state index in [9.17, 15) is 4.79 Å². The van der Waals surface area contributed by atoms with Crippen LogP contribution in [0.2, 0.25) is 5.02 Å². The first-order valence-electron chi connectivity index (χ1n) is 5.91. The van der Waals surface area contributed by atoms with Gasteiger partial charge in [0.05, 0.1) is 5.56 Å². The van der Waals surface area contributed by atoms with E-state index in [2.05, 4.69) is 5.32 Å². The highest BCUT2D eigenvalue weighted by molar-refractivity contribution is 6.30. The van der Waals surface area contributed by atoms with Gasteiger partial charge in [0.1, 0.15) is 0 Å². The lowest BCUT2D eigenvalue weighted by Gasteiger charge is -2.15. The third-order valence-electron chi connectivity index (χ3n) is 2.89. The molecule has 2 aromatic rings. The fourth-order valence-electron chi connectivity index (χ4n) is 1.79. The van der Waals surface area contributed by atoms with Gasteiger partial charge in [-0.3, -0.25) is 0 Å². The molecular weight excluding hydrogens is 262 g/mol. The Morgan fingerprint density at radius 2 is 1.68 bits per heavy atom. The molecule has 2 aromatic carbocycles. The highest BCUT2D eigenvalue weighted by Gasteiger charge is 2.06. The van der Waals surface area contributed by atoms with Crippen LogP contribution in [-0.4, -0.2) is 11.1 Å². The average molecular weight is 276 g/mol. The molecule has 0 saturated carbocycles. The fraction of sp³-hybridized carbons (Fsp3) is 0.133. The van der Waals surface area contributed by atoms with Crippen LogP contribution in [0.25, 0.3) is 0 Å². The predicted octanol–water partition coefficient (Wildman–Crippen LogP) is 4.21. The maximum atomic E-state index is 10.8. The van der Waals surface area contributed by atoms with E-state index in [-0.39, 0.29) is 11.6 Å². The van der Waals surface area contributed by atoms with Crippen molar-refractivity contribution in [2.45, 2.75) is 13.0 Å². The highest BCUT2D eigenvalue weighted by atomic mass is 35.5. The molecule has 0 spiro atoms. The topological polar surface area (TPSA) is 49.3 Å². The summed E-state index contributed by atoms with van der Waals surface area (Å²) in [4.78, 5) is 10.8. The third-order valence-corrected chi connectivity index (χ3v) is 3.14. The van der Waals surface area contributed by atoms with Crippen LogP contribution in [0.5, 0.6) is 0 Å². The largest absolute Gasteiger partial charge is 0.478 e. The van der Waals surface area contributed by atoms with Gasteiger partial charge in [-0.15, -0.1) is 0 Å². The third kappa shape index (κ3) is 3.48. The zero-order valence-corrected chi connectivity index (χ0v) is 11.2. The van der Waals surface area contributed by atoms with Crippen molar-refractivity contribution in [2.75, 3.05) is 5.32 Å². The molecule has 4 heteroatoms. The minimum atomic E-state index is -0.919. The van der Waals surface area contributed by atoms with Gasteiger partial charge >= 0.3 is 5.97 Å². The van der Waals surface area contributed by atoms with Gasteiger partial charge in [-0.2, -0.15) is 0 Å². The summed E-state index contributed by atoms with van der Waals surface area (Å²) in [6.07, 6.45) is 0. The smallest absolute Gasteiger partial charge is 0.335 e. The summed E-state index contributed by atoms with van der Waals surface area (Å²) in [6.45, 7) is 2.04. The van der Waals surface area contributed by atoms with Crippen LogP contribution in [0.15, 0.2) is 48.5 Å². The van der Waals surface area contributed by atoms with Gasteiger partial charge in [-0.25, -0.2) is 4.79 Å². The number of carbonyl (C=O) groups is 1. The lowest BCUT2D eigenvalue weighted by molar-refractivity contribution is 0.0697. The van der Waals surface area contributed by atoms with Gasteiger partial charge in [0.25, 0.3) is 0 Å². The van der Waals surface area contributed by atoms with Crippen molar-refractivity contribution >= 4 is 23.3 Å². The summed E-state index contributed by atoms with van der Waals surface area (Å²) in [6, 6.07) is 14.4. The second-order valence-electron chi connectivity index (χ2n) is 4.30. The standard InChI is InChI=1S/C15H14ClNO2/c1-10(11-2-6-13(16)7-3-11)17-14-8-4-12(5-9-14)15(18)19/h2-10,17H,1H3,(H,18,19). The first-order chi connectivity index (χ1) is 9.06. The fourth-order valence-corrected chi connectivity index (χ4v) is 1.92. The summed E-state index contributed by atoms with van der Waals surface area (Å²) in [7, 11) is 0.